The van der Waals surface area contributed by atoms with E-state index >= 15 is 0 Å². The molecule has 0 spiro atoms. The van der Waals surface area contributed by atoms with Gasteiger partial charge in [0.2, 0.25) is 0 Å². The number of aromatic amines is 1. The van der Waals surface area contributed by atoms with Crippen molar-refractivity contribution >= 4 is 5.91 Å². The van der Waals surface area contributed by atoms with E-state index in [4.69, 9.17) is 4.74 Å². The minimum atomic E-state index is -0.0540. The second kappa shape index (κ2) is 6.87. The number of ether oxygens (including phenoxy) is 1. The van der Waals surface area contributed by atoms with Gasteiger partial charge >= 0.3 is 0 Å². The molecule has 2 aromatic heterocycles. The first-order valence-electron chi connectivity index (χ1n) is 9.51. The highest BCUT2D eigenvalue weighted by molar-refractivity contribution is 5.94. The summed E-state index contributed by atoms with van der Waals surface area (Å²) in [5.74, 6) is 0.718. The van der Waals surface area contributed by atoms with E-state index in [9.17, 15) is 4.79 Å². The standard InChI is InChI=1S/C19H27N5O2/c1-12-10-16-17(13(2)26-12)22-23(3)18(16)19(25)24-8-5-14(6-9-24)11-15-4-7-20-21-15/h4,7,12-14H,5-6,8-11H2,1-3H3,(H,20,21)/t12-,13+/m1/s1. The van der Waals surface area contributed by atoms with E-state index in [1.807, 2.05) is 24.9 Å². The summed E-state index contributed by atoms with van der Waals surface area (Å²) in [5, 5.41) is 11.6. The van der Waals surface area contributed by atoms with Crippen LogP contribution in [0.2, 0.25) is 0 Å². The van der Waals surface area contributed by atoms with Gasteiger partial charge in [0.15, 0.2) is 0 Å². The first kappa shape index (κ1) is 17.3. The summed E-state index contributed by atoms with van der Waals surface area (Å²) < 4.78 is 7.61. The zero-order chi connectivity index (χ0) is 18.3. The predicted octanol–water partition coefficient (Wildman–Crippen LogP) is 2.26. The Bertz CT molecular complexity index is 774. The molecule has 0 bridgehead atoms. The van der Waals surface area contributed by atoms with Crippen molar-refractivity contribution in [3.05, 3.63) is 34.9 Å². The van der Waals surface area contributed by atoms with Gasteiger partial charge < -0.3 is 9.64 Å². The van der Waals surface area contributed by atoms with Gasteiger partial charge in [0.05, 0.1) is 17.9 Å². The second-order valence-corrected chi connectivity index (χ2v) is 7.65. The van der Waals surface area contributed by atoms with Crippen molar-refractivity contribution in [3.63, 3.8) is 0 Å². The molecule has 2 aromatic rings. The van der Waals surface area contributed by atoms with Crippen LogP contribution in [0.4, 0.5) is 0 Å². The van der Waals surface area contributed by atoms with Crippen LogP contribution >= 0.6 is 0 Å². The van der Waals surface area contributed by atoms with Crippen LogP contribution in [0.5, 0.6) is 0 Å². The third-order valence-electron chi connectivity index (χ3n) is 5.66. The highest BCUT2D eigenvalue weighted by Gasteiger charge is 2.34. The number of carbonyl (C=O) groups is 1. The normalized spacial score (nSPS) is 23.9. The molecule has 1 amide bonds. The van der Waals surface area contributed by atoms with E-state index in [1.54, 1.807) is 10.9 Å². The number of likely N-dealkylation sites (tertiary alicyclic amines) is 1. The van der Waals surface area contributed by atoms with Gasteiger partial charge in [-0.15, -0.1) is 0 Å². The molecule has 0 radical (unpaired) electrons. The van der Waals surface area contributed by atoms with Crippen LogP contribution in [0.1, 0.15) is 60.2 Å². The van der Waals surface area contributed by atoms with Crippen molar-refractivity contribution in [2.45, 2.75) is 51.7 Å². The highest BCUT2D eigenvalue weighted by Crippen LogP contribution is 2.32. The summed E-state index contributed by atoms with van der Waals surface area (Å²) in [6.45, 7) is 5.68. The molecular formula is C19H27N5O2. The Morgan fingerprint density at radius 3 is 2.81 bits per heavy atom. The van der Waals surface area contributed by atoms with E-state index in [1.165, 1.54) is 5.69 Å². The van der Waals surface area contributed by atoms with Gasteiger partial charge in [-0.25, -0.2) is 0 Å². The molecule has 26 heavy (non-hydrogen) atoms. The Balaban J connectivity index is 1.46. The summed E-state index contributed by atoms with van der Waals surface area (Å²) in [5.41, 5.74) is 3.92. The lowest BCUT2D eigenvalue weighted by Crippen LogP contribution is -2.40. The summed E-state index contributed by atoms with van der Waals surface area (Å²) in [6.07, 6.45) is 5.68. The number of H-pyrrole nitrogens is 1. The molecule has 1 fully saturated rings. The highest BCUT2D eigenvalue weighted by atomic mass is 16.5. The Labute approximate surface area is 153 Å². The molecule has 140 valence electrons. The number of aromatic nitrogens is 4. The number of fused-ring (bicyclic) bond motifs is 1. The summed E-state index contributed by atoms with van der Waals surface area (Å²) in [6, 6.07) is 2.03. The zero-order valence-electron chi connectivity index (χ0n) is 15.7. The van der Waals surface area contributed by atoms with Gasteiger partial charge in [-0.05, 0) is 45.1 Å². The minimum absolute atomic E-state index is 0.0540. The quantitative estimate of drug-likeness (QED) is 0.914. The molecule has 1 N–H and O–H groups in total. The van der Waals surface area contributed by atoms with Crippen LogP contribution in [-0.2, 0) is 24.6 Å². The van der Waals surface area contributed by atoms with Gasteiger partial charge in [0, 0.05) is 44.0 Å². The van der Waals surface area contributed by atoms with Crippen molar-refractivity contribution < 1.29 is 9.53 Å². The SMILES string of the molecule is C[C@@H]1Cc2c(nn(C)c2C(=O)N2CCC(Cc3ccn[nH]3)CC2)[C@H](C)O1. The third-order valence-corrected chi connectivity index (χ3v) is 5.66. The first-order valence-corrected chi connectivity index (χ1v) is 9.51. The molecule has 2 aliphatic heterocycles. The summed E-state index contributed by atoms with van der Waals surface area (Å²) in [4.78, 5) is 15.2. The van der Waals surface area contributed by atoms with E-state index in [0.29, 0.717) is 5.92 Å². The lowest BCUT2D eigenvalue weighted by atomic mass is 9.91. The number of aryl methyl sites for hydroxylation is 1. The maximum atomic E-state index is 13.2. The van der Waals surface area contributed by atoms with Crippen molar-refractivity contribution in [2.75, 3.05) is 13.1 Å². The fraction of sp³-hybridized carbons (Fsp3) is 0.632. The van der Waals surface area contributed by atoms with E-state index in [-0.39, 0.29) is 18.1 Å². The van der Waals surface area contributed by atoms with Crippen LogP contribution in [0.25, 0.3) is 0 Å². The third kappa shape index (κ3) is 3.16. The van der Waals surface area contributed by atoms with E-state index in [2.05, 4.69) is 22.2 Å². The molecule has 2 atom stereocenters. The number of hydrogen-bond acceptors (Lipinski definition) is 4. The predicted molar refractivity (Wildman–Crippen MR) is 96.8 cm³/mol. The lowest BCUT2D eigenvalue weighted by Gasteiger charge is -2.32. The first-order chi connectivity index (χ1) is 12.5. The van der Waals surface area contributed by atoms with E-state index < -0.39 is 0 Å². The van der Waals surface area contributed by atoms with Crippen LogP contribution in [0.3, 0.4) is 0 Å². The maximum absolute atomic E-state index is 13.2. The molecule has 7 nitrogen and oxygen atoms in total. The molecule has 4 heterocycles. The van der Waals surface area contributed by atoms with Crippen LogP contribution in [0.15, 0.2) is 12.3 Å². The number of piperidine rings is 1. The zero-order valence-corrected chi connectivity index (χ0v) is 15.7. The molecule has 0 aliphatic carbocycles. The molecular weight excluding hydrogens is 330 g/mol. The van der Waals surface area contributed by atoms with Gasteiger partial charge in [0.1, 0.15) is 5.69 Å². The fourth-order valence-corrected chi connectivity index (χ4v) is 4.33. The minimum Gasteiger partial charge on any atom is -0.369 e. The van der Waals surface area contributed by atoms with Gasteiger partial charge in [-0.1, -0.05) is 0 Å². The molecule has 0 unspecified atom stereocenters. The number of nitrogens with one attached hydrogen (secondary N) is 1. The fourth-order valence-electron chi connectivity index (χ4n) is 4.33. The molecule has 0 saturated carbocycles. The second-order valence-electron chi connectivity index (χ2n) is 7.65. The number of nitrogens with zero attached hydrogens (tertiary/aromatic N) is 4. The number of amides is 1. The number of hydrogen-bond donors (Lipinski definition) is 1. The smallest absolute Gasteiger partial charge is 0.272 e. The molecule has 4 rings (SSSR count). The molecule has 1 saturated heterocycles. The van der Waals surface area contributed by atoms with Crippen molar-refractivity contribution in [1.82, 2.24) is 24.9 Å². The Morgan fingerprint density at radius 2 is 2.12 bits per heavy atom. The van der Waals surface area contributed by atoms with Gasteiger partial charge in [-0.2, -0.15) is 10.2 Å². The average Bonchev–Trinajstić information content (AvgIpc) is 3.22. The lowest BCUT2D eigenvalue weighted by molar-refractivity contribution is -0.00715. The Morgan fingerprint density at radius 1 is 1.35 bits per heavy atom. The molecule has 7 heteroatoms. The number of carbonyl (C=O) groups excluding carboxylic acids is 1. The van der Waals surface area contributed by atoms with Gasteiger partial charge in [0.25, 0.3) is 5.91 Å². The number of rotatable bonds is 3. The summed E-state index contributed by atoms with van der Waals surface area (Å²) in [7, 11) is 1.87. The Kier molecular flexibility index (Phi) is 4.56. The van der Waals surface area contributed by atoms with Crippen molar-refractivity contribution in [2.24, 2.45) is 13.0 Å². The topological polar surface area (TPSA) is 76.0 Å². The van der Waals surface area contributed by atoms with Gasteiger partial charge in [-0.3, -0.25) is 14.6 Å². The van der Waals surface area contributed by atoms with Crippen molar-refractivity contribution in [3.8, 4) is 0 Å². The van der Waals surface area contributed by atoms with Crippen LogP contribution < -0.4 is 0 Å². The largest absolute Gasteiger partial charge is 0.369 e. The van der Waals surface area contributed by atoms with E-state index in [0.717, 1.165) is 55.7 Å². The summed E-state index contributed by atoms with van der Waals surface area (Å²) >= 11 is 0. The molecule has 0 aromatic carbocycles. The molecule has 2 aliphatic rings. The van der Waals surface area contributed by atoms with Crippen LogP contribution in [-0.4, -0.2) is 50.0 Å². The van der Waals surface area contributed by atoms with Crippen molar-refractivity contribution in [1.29, 1.82) is 0 Å². The maximum Gasteiger partial charge on any atom is 0.272 e. The monoisotopic (exact) mass is 357 g/mol. The average molecular weight is 357 g/mol. The Hall–Kier alpha value is -2.15. The van der Waals surface area contributed by atoms with Crippen LogP contribution in [0, 0.1) is 5.92 Å².